The van der Waals surface area contributed by atoms with E-state index in [-0.39, 0.29) is 24.7 Å². The third-order valence-electron chi connectivity index (χ3n) is 4.14. The lowest BCUT2D eigenvalue weighted by atomic mass is 10.1. The molecule has 3 rings (SSSR count). The predicted octanol–water partition coefficient (Wildman–Crippen LogP) is 5.33. The predicted molar refractivity (Wildman–Crippen MR) is 119 cm³/mol. The quantitative estimate of drug-likeness (QED) is 0.427. The fourth-order valence-electron chi connectivity index (χ4n) is 2.82. The molecule has 10 heteroatoms. The van der Waals surface area contributed by atoms with Crippen LogP contribution in [0.1, 0.15) is 13.8 Å². The van der Waals surface area contributed by atoms with Crippen LogP contribution in [0.5, 0.6) is 11.5 Å². The molecule has 1 heterocycles. The summed E-state index contributed by atoms with van der Waals surface area (Å²) in [5.74, 6) is 0.464. The fourth-order valence-corrected chi connectivity index (χ4v) is 4.15. The average Bonchev–Trinajstić information content (AvgIpc) is 2.74. The number of halogens is 1. The van der Waals surface area contributed by atoms with Crippen molar-refractivity contribution in [2.75, 3.05) is 20.3 Å². The molecule has 31 heavy (non-hydrogen) atoms. The van der Waals surface area contributed by atoms with E-state index >= 15 is 0 Å². The molecule has 164 valence electrons. The Morgan fingerprint density at radius 2 is 1.61 bits per heavy atom. The second-order valence-electron chi connectivity index (χ2n) is 6.23. The van der Waals surface area contributed by atoms with Gasteiger partial charge in [-0.05, 0) is 55.8 Å². The highest BCUT2D eigenvalue weighted by atomic mass is 35.5. The summed E-state index contributed by atoms with van der Waals surface area (Å²) < 4.78 is 33.9. The first-order chi connectivity index (χ1) is 14.9. The molecule has 3 aromatic rings. The van der Waals surface area contributed by atoms with Crippen LogP contribution in [0.3, 0.4) is 0 Å². The van der Waals surface area contributed by atoms with Crippen LogP contribution >= 0.6 is 19.4 Å². The van der Waals surface area contributed by atoms with Gasteiger partial charge in [-0.15, -0.1) is 0 Å². The topological polar surface area (TPSA) is 99.7 Å². The molecular weight excluding hydrogens is 443 g/mol. The van der Waals surface area contributed by atoms with Crippen molar-refractivity contribution in [3.05, 3.63) is 64.0 Å². The normalized spacial score (nSPS) is 11.4. The lowest BCUT2D eigenvalue weighted by Gasteiger charge is -2.19. The van der Waals surface area contributed by atoms with E-state index in [0.29, 0.717) is 22.0 Å². The SMILES string of the molecule is CCOP(=O)(OCC)Oc1ccc(-c2cc(-c3ccc(Cl)cc3)[nH]c(=O)n2)cc1OC. The van der Waals surface area contributed by atoms with Gasteiger partial charge in [0.05, 0.1) is 31.7 Å². The van der Waals surface area contributed by atoms with E-state index in [1.165, 1.54) is 7.11 Å². The number of nitrogens with zero attached hydrogens (tertiary/aromatic N) is 1. The highest BCUT2D eigenvalue weighted by Gasteiger charge is 2.29. The van der Waals surface area contributed by atoms with Crippen LogP contribution in [0.15, 0.2) is 53.3 Å². The summed E-state index contributed by atoms with van der Waals surface area (Å²) in [5.41, 5.74) is 1.90. The minimum atomic E-state index is -3.79. The first-order valence-electron chi connectivity index (χ1n) is 9.52. The molecule has 0 aliphatic heterocycles. The molecule has 8 nitrogen and oxygen atoms in total. The van der Waals surface area contributed by atoms with Gasteiger partial charge in [-0.2, -0.15) is 4.98 Å². The first kappa shape index (κ1) is 23.0. The number of benzene rings is 2. The molecule has 0 amide bonds. The van der Waals surface area contributed by atoms with Gasteiger partial charge in [0.1, 0.15) is 0 Å². The summed E-state index contributed by atoms with van der Waals surface area (Å²) in [6.07, 6.45) is 0. The number of hydrogen-bond acceptors (Lipinski definition) is 7. The van der Waals surface area contributed by atoms with E-state index in [4.69, 9.17) is 29.9 Å². The van der Waals surface area contributed by atoms with Crippen molar-refractivity contribution in [2.45, 2.75) is 13.8 Å². The van der Waals surface area contributed by atoms with E-state index in [2.05, 4.69) is 9.97 Å². The average molecular weight is 465 g/mol. The zero-order valence-corrected chi connectivity index (χ0v) is 18.9. The van der Waals surface area contributed by atoms with Crippen LogP contribution in [0, 0.1) is 0 Å². The van der Waals surface area contributed by atoms with Crippen molar-refractivity contribution in [1.82, 2.24) is 9.97 Å². The van der Waals surface area contributed by atoms with Crippen LogP contribution in [0.4, 0.5) is 0 Å². The zero-order chi connectivity index (χ0) is 22.4. The van der Waals surface area contributed by atoms with Gasteiger partial charge in [0, 0.05) is 10.6 Å². The molecule has 1 N–H and O–H groups in total. The minimum Gasteiger partial charge on any atom is -0.493 e. The van der Waals surface area contributed by atoms with Crippen molar-refractivity contribution >= 4 is 19.4 Å². The summed E-state index contributed by atoms with van der Waals surface area (Å²) in [5, 5.41) is 0.595. The number of hydrogen-bond donors (Lipinski definition) is 1. The Kier molecular flexibility index (Phi) is 7.51. The Labute approximate surface area is 184 Å². The summed E-state index contributed by atoms with van der Waals surface area (Å²) in [4.78, 5) is 18.9. The van der Waals surface area contributed by atoms with Gasteiger partial charge in [0.2, 0.25) is 0 Å². The van der Waals surface area contributed by atoms with E-state index in [0.717, 1.165) is 5.56 Å². The Morgan fingerprint density at radius 1 is 0.968 bits per heavy atom. The lowest BCUT2D eigenvalue weighted by Crippen LogP contribution is -2.12. The molecule has 0 saturated heterocycles. The van der Waals surface area contributed by atoms with E-state index < -0.39 is 13.5 Å². The van der Waals surface area contributed by atoms with E-state index in [1.807, 2.05) is 0 Å². The first-order valence-corrected chi connectivity index (χ1v) is 11.4. The third-order valence-corrected chi connectivity index (χ3v) is 5.96. The van der Waals surface area contributed by atoms with Crippen molar-refractivity contribution in [1.29, 1.82) is 0 Å². The molecule has 2 aromatic carbocycles. The molecule has 0 unspecified atom stereocenters. The Bertz CT molecular complexity index is 1140. The van der Waals surface area contributed by atoms with Crippen LogP contribution in [-0.4, -0.2) is 30.3 Å². The summed E-state index contributed by atoms with van der Waals surface area (Å²) in [6.45, 7) is 3.68. The van der Waals surface area contributed by atoms with Crippen molar-refractivity contribution in [2.24, 2.45) is 0 Å². The smallest absolute Gasteiger partial charge is 0.493 e. The maximum atomic E-state index is 12.7. The summed E-state index contributed by atoms with van der Waals surface area (Å²) in [6, 6.07) is 13.7. The molecule has 0 spiro atoms. The molecule has 0 saturated carbocycles. The van der Waals surface area contributed by atoms with Gasteiger partial charge in [-0.3, -0.25) is 9.05 Å². The fraction of sp³-hybridized carbons (Fsp3) is 0.238. The number of phosphoric acid groups is 1. The second-order valence-corrected chi connectivity index (χ2v) is 8.26. The van der Waals surface area contributed by atoms with Crippen LogP contribution < -0.4 is 15.0 Å². The van der Waals surface area contributed by atoms with Crippen molar-refractivity contribution in [3.8, 4) is 34.0 Å². The van der Waals surface area contributed by atoms with Gasteiger partial charge in [0.25, 0.3) is 0 Å². The van der Waals surface area contributed by atoms with Crippen LogP contribution in [-0.2, 0) is 13.6 Å². The maximum absolute atomic E-state index is 12.7. The zero-order valence-electron chi connectivity index (χ0n) is 17.3. The van der Waals surface area contributed by atoms with E-state index in [9.17, 15) is 9.36 Å². The molecule has 0 aliphatic carbocycles. The molecule has 0 atom stereocenters. The minimum absolute atomic E-state index is 0.155. The molecule has 0 bridgehead atoms. The van der Waals surface area contributed by atoms with Crippen LogP contribution in [0.2, 0.25) is 5.02 Å². The molecule has 1 aromatic heterocycles. The number of aromatic amines is 1. The molecule has 0 aliphatic rings. The Hall–Kier alpha value is -2.64. The third kappa shape index (κ3) is 5.74. The van der Waals surface area contributed by atoms with E-state index in [1.54, 1.807) is 62.4 Å². The van der Waals surface area contributed by atoms with Gasteiger partial charge >= 0.3 is 13.5 Å². The lowest BCUT2D eigenvalue weighted by molar-refractivity contribution is 0.166. The number of nitrogens with one attached hydrogen (secondary N) is 1. The highest BCUT2D eigenvalue weighted by Crippen LogP contribution is 2.51. The Balaban J connectivity index is 1.98. The second kappa shape index (κ2) is 10.1. The number of aromatic nitrogens is 2. The van der Waals surface area contributed by atoms with Gasteiger partial charge in [-0.1, -0.05) is 23.7 Å². The molecule has 0 fully saturated rings. The molecule has 0 radical (unpaired) electrons. The number of phosphoric ester groups is 1. The maximum Gasteiger partial charge on any atom is 0.530 e. The van der Waals surface area contributed by atoms with Crippen molar-refractivity contribution < 1.29 is 22.9 Å². The van der Waals surface area contributed by atoms with Gasteiger partial charge < -0.3 is 14.2 Å². The number of H-pyrrole nitrogens is 1. The number of rotatable bonds is 9. The highest BCUT2D eigenvalue weighted by molar-refractivity contribution is 7.48. The van der Waals surface area contributed by atoms with Crippen LogP contribution in [0.25, 0.3) is 22.5 Å². The summed E-state index contributed by atoms with van der Waals surface area (Å²) >= 11 is 5.94. The van der Waals surface area contributed by atoms with Gasteiger partial charge in [0.15, 0.2) is 11.5 Å². The van der Waals surface area contributed by atoms with Crippen molar-refractivity contribution in [3.63, 3.8) is 0 Å². The molecular formula is C21H22ClN2O6P. The van der Waals surface area contributed by atoms with Gasteiger partial charge in [-0.25, -0.2) is 9.36 Å². The Morgan fingerprint density at radius 3 is 2.23 bits per heavy atom. The number of ether oxygens (including phenoxy) is 1. The number of methoxy groups -OCH3 is 1. The monoisotopic (exact) mass is 464 g/mol. The standard InChI is InChI=1S/C21H22ClN2O6P/c1-4-28-31(26,29-5-2)30-19-11-8-15(12-20(19)27-3)18-13-17(23-21(25)24-18)14-6-9-16(22)10-7-14/h6-13H,4-5H2,1-3H3,(H,23,24,25). The largest absolute Gasteiger partial charge is 0.530 e. The summed E-state index contributed by atoms with van der Waals surface area (Å²) in [7, 11) is -2.34.